The van der Waals surface area contributed by atoms with Gasteiger partial charge in [0.1, 0.15) is 0 Å². The molecule has 116 valence electrons. The monoisotopic (exact) mass is 283 g/mol. The lowest BCUT2D eigenvalue weighted by Gasteiger charge is -2.24. The normalized spacial score (nSPS) is 28.6. The molecule has 0 aliphatic carbocycles. The molecule has 0 saturated carbocycles. The molecule has 0 radical (unpaired) electrons. The van der Waals surface area contributed by atoms with Crippen LogP contribution in [-0.2, 0) is 9.53 Å². The molecule has 2 unspecified atom stereocenters. The smallest absolute Gasteiger partial charge is 0.228 e. The fraction of sp³-hybridized carbons (Fsp3) is 0.933. The van der Waals surface area contributed by atoms with Crippen molar-refractivity contribution in [3.63, 3.8) is 0 Å². The summed E-state index contributed by atoms with van der Waals surface area (Å²) in [6.45, 7) is 8.42. The molecule has 2 rings (SSSR count). The summed E-state index contributed by atoms with van der Waals surface area (Å²) in [6.07, 6.45) is 4.46. The van der Waals surface area contributed by atoms with Crippen molar-refractivity contribution < 1.29 is 9.53 Å². The van der Waals surface area contributed by atoms with Gasteiger partial charge in [-0.2, -0.15) is 0 Å². The Bertz CT molecular complexity index is 311. The molecule has 0 bridgehead atoms. The number of hydrogen-bond donors (Lipinski definition) is 1. The van der Waals surface area contributed by atoms with Crippen LogP contribution in [0.4, 0.5) is 0 Å². The Morgan fingerprint density at radius 3 is 2.80 bits per heavy atom. The SMILES string of the molecule is CC1CC(C(=O)N2CCCN(CCCCN)CC2)CO1. The number of nitrogens with two attached hydrogens (primary N) is 1. The highest BCUT2D eigenvalue weighted by Crippen LogP contribution is 2.22. The van der Waals surface area contributed by atoms with Gasteiger partial charge in [-0.1, -0.05) is 0 Å². The Kier molecular flexibility index (Phi) is 6.26. The minimum Gasteiger partial charge on any atom is -0.378 e. The third kappa shape index (κ3) is 4.43. The van der Waals surface area contributed by atoms with Crippen LogP contribution < -0.4 is 5.73 Å². The van der Waals surface area contributed by atoms with Crippen molar-refractivity contribution in [3.05, 3.63) is 0 Å². The molecule has 20 heavy (non-hydrogen) atoms. The first-order valence-electron chi connectivity index (χ1n) is 8.03. The van der Waals surface area contributed by atoms with E-state index in [0.717, 1.165) is 58.5 Å². The van der Waals surface area contributed by atoms with Crippen molar-refractivity contribution in [2.45, 2.75) is 38.7 Å². The molecule has 0 spiro atoms. The van der Waals surface area contributed by atoms with Gasteiger partial charge in [0.05, 0.1) is 18.6 Å². The standard InChI is InChI=1S/C15H29N3O2/c1-13-11-14(12-20-13)15(19)18-8-4-7-17(9-10-18)6-3-2-5-16/h13-14H,2-12,16H2,1H3. The third-order valence-corrected chi connectivity index (χ3v) is 4.38. The molecule has 0 aromatic carbocycles. The second-order valence-electron chi connectivity index (χ2n) is 6.09. The van der Waals surface area contributed by atoms with Gasteiger partial charge in [0.2, 0.25) is 5.91 Å². The van der Waals surface area contributed by atoms with E-state index in [4.69, 9.17) is 10.5 Å². The lowest BCUT2D eigenvalue weighted by Crippen LogP contribution is -2.39. The van der Waals surface area contributed by atoms with Gasteiger partial charge in [-0.15, -0.1) is 0 Å². The second kappa shape index (κ2) is 7.96. The van der Waals surface area contributed by atoms with Crippen LogP contribution in [0, 0.1) is 5.92 Å². The minimum atomic E-state index is 0.0915. The fourth-order valence-electron chi connectivity index (χ4n) is 3.14. The maximum absolute atomic E-state index is 12.5. The lowest BCUT2D eigenvalue weighted by atomic mass is 10.0. The van der Waals surface area contributed by atoms with E-state index in [0.29, 0.717) is 12.5 Å². The number of ether oxygens (including phenoxy) is 1. The van der Waals surface area contributed by atoms with Gasteiger partial charge < -0.3 is 20.3 Å². The topological polar surface area (TPSA) is 58.8 Å². The molecule has 5 heteroatoms. The summed E-state index contributed by atoms with van der Waals surface area (Å²) in [6, 6.07) is 0. The van der Waals surface area contributed by atoms with Gasteiger partial charge in [-0.05, 0) is 52.2 Å². The molecule has 2 heterocycles. The van der Waals surface area contributed by atoms with Crippen molar-refractivity contribution in [1.29, 1.82) is 0 Å². The van der Waals surface area contributed by atoms with E-state index in [2.05, 4.69) is 16.7 Å². The highest BCUT2D eigenvalue weighted by atomic mass is 16.5. The zero-order chi connectivity index (χ0) is 14.4. The van der Waals surface area contributed by atoms with Crippen molar-refractivity contribution >= 4 is 5.91 Å². The highest BCUT2D eigenvalue weighted by Gasteiger charge is 2.32. The average molecular weight is 283 g/mol. The van der Waals surface area contributed by atoms with Crippen LogP contribution in [0.3, 0.4) is 0 Å². The van der Waals surface area contributed by atoms with Gasteiger partial charge >= 0.3 is 0 Å². The quantitative estimate of drug-likeness (QED) is 0.754. The molecule has 1 amide bonds. The predicted molar refractivity (Wildman–Crippen MR) is 79.4 cm³/mol. The Morgan fingerprint density at radius 2 is 2.10 bits per heavy atom. The Morgan fingerprint density at radius 1 is 1.25 bits per heavy atom. The summed E-state index contributed by atoms with van der Waals surface area (Å²) in [5.41, 5.74) is 5.53. The Labute approximate surface area is 122 Å². The first kappa shape index (κ1) is 15.7. The van der Waals surface area contributed by atoms with Crippen LogP contribution in [0.25, 0.3) is 0 Å². The molecular formula is C15H29N3O2. The van der Waals surface area contributed by atoms with Crippen LogP contribution in [0.2, 0.25) is 0 Å². The van der Waals surface area contributed by atoms with Crippen molar-refractivity contribution in [2.75, 3.05) is 45.9 Å². The first-order chi connectivity index (χ1) is 9.70. The molecule has 2 fully saturated rings. The summed E-state index contributed by atoms with van der Waals surface area (Å²) in [7, 11) is 0. The number of unbranched alkanes of at least 4 members (excludes halogenated alkanes) is 1. The summed E-state index contributed by atoms with van der Waals surface area (Å²) in [4.78, 5) is 17.0. The Balaban J connectivity index is 1.75. The molecule has 2 N–H and O–H groups in total. The first-order valence-corrected chi connectivity index (χ1v) is 8.03. The van der Waals surface area contributed by atoms with Gasteiger partial charge in [0.25, 0.3) is 0 Å². The van der Waals surface area contributed by atoms with Crippen molar-refractivity contribution in [3.8, 4) is 0 Å². The number of hydrogen-bond acceptors (Lipinski definition) is 4. The maximum Gasteiger partial charge on any atom is 0.228 e. The zero-order valence-electron chi connectivity index (χ0n) is 12.7. The maximum atomic E-state index is 12.5. The number of amides is 1. The number of carbonyl (C=O) groups is 1. The average Bonchev–Trinajstić information content (AvgIpc) is 2.74. The summed E-state index contributed by atoms with van der Waals surface area (Å²) in [5.74, 6) is 0.395. The zero-order valence-corrected chi connectivity index (χ0v) is 12.7. The van der Waals surface area contributed by atoms with E-state index in [9.17, 15) is 4.79 Å². The van der Waals surface area contributed by atoms with Crippen LogP contribution in [0.1, 0.15) is 32.6 Å². The van der Waals surface area contributed by atoms with Gasteiger partial charge in [-0.25, -0.2) is 0 Å². The molecule has 2 aliphatic rings. The van der Waals surface area contributed by atoms with E-state index in [-0.39, 0.29) is 12.0 Å². The van der Waals surface area contributed by atoms with Crippen molar-refractivity contribution in [2.24, 2.45) is 11.7 Å². The molecule has 2 saturated heterocycles. The molecular weight excluding hydrogens is 254 g/mol. The van der Waals surface area contributed by atoms with Crippen molar-refractivity contribution in [1.82, 2.24) is 9.80 Å². The Hall–Kier alpha value is -0.650. The van der Waals surface area contributed by atoms with E-state index in [1.165, 1.54) is 6.42 Å². The van der Waals surface area contributed by atoms with Crippen LogP contribution in [-0.4, -0.2) is 67.7 Å². The predicted octanol–water partition coefficient (Wildman–Crippen LogP) is 0.685. The highest BCUT2D eigenvalue weighted by molar-refractivity contribution is 5.79. The largest absolute Gasteiger partial charge is 0.378 e. The van der Waals surface area contributed by atoms with E-state index in [1.54, 1.807) is 0 Å². The van der Waals surface area contributed by atoms with E-state index < -0.39 is 0 Å². The molecule has 0 aromatic heterocycles. The van der Waals surface area contributed by atoms with Crippen LogP contribution in [0.15, 0.2) is 0 Å². The fourth-order valence-corrected chi connectivity index (χ4v) is 3.14. The number of carbonyl (C=O) groups excluding carboxylic acids is 1. The van der Waals surface area contributed by atoms with E-state index in [1.807, 2.05) is 0 Å². The molecule has 0 aromatic rings. The van der Waals surface area contributed by atoms with E-state index >= 15 is 0 Å². The summed E-state index contributed by atoms with van der Waals surface area (Å²) in [5, 5.41) is 0. The molecule has 2 aliphatic heterocycles. The van der Waals surface area contributed by atoms with Crippen LogP contribution >= 0.6 is 0 Å². The van der Waals surface area contributed by atoms with Gasteiger partial charge in [0.15, 0.2) is 0 Å². The molecule has 2 atom stereocenters. The molecule has 5 nitrogen and oxygen atoms in total. The summed E-state index contributed by atoms with van der Waals surface area (Å²) < 4.78 is 5.53. The van der Waals surface area contributed by atoms with Gasteiger partial charge in [0, 0.05) is 19.6 Å². The summed E-state index contributed by atoms with van der Waals surface area (Å²) >= 11 is 0. The lowest BCUT2D eigenvalue weighted by molar-refractivity contribution is -0.135. The minimum absolute atomic E-state index is 0.0915. The second-order valence-corrected chi connectivity index (χ2v) is 6.09. The number of rotatable bonds is 5. The number of nitrogens with zero attached hydrogens (tertiary/aromatic N) is 2. The third-order valence-electron chi connectivity index (χ3n) is 4.38. The van der Waals surface area contributed by atoms with Crippen LogP contribution in [0.5, 0.6) is 0 Å². The van der Waals surface area contributed by atoms with Gasteiger partial charge in [-0.3, -0.25) is 4.79 Å².